The van der Waals surface area contributed by atoms with E-state index in [0.717, 1.165) is 36.7 Å². The molecule has 1 aromatic carbocycles. The second-order valence-electron chi connectivity index (χ2n) is 6.27. The molecule has 0 unspecified atom stereocenters. The fraction of sp³-hybridized carbons (Fsp3) is 0.421. The number of piperidine rings is 1. The van der Waals surface area contributed by atoms with Crippen LogP contribution in [0.15, 0.2) is 47.1 Å². The van der Waals surface area contributed by atoms with Gasteiger partial charge in [-0.3, -0.25) is 9.79 Å². The quantitative estimate of drug-likeness (QED) is 0.666. The molecule has 3 rings (SSSR count). The van der Waals surface area contributed by atoms with Crippen LogP contribution in [0.25, 0.3) is 0 Å². The number of nitrogens with one attached hydrogen (secondary N) is 1. The Balaban J connectivity index is 1.51. The van der Waals surface area contributed by atoms with E-state index in [4.69, 9.17) is 0 Å². The predicted molar refractivity (Wildman–Crippen MR) is 101 cm³/mol. The van der Waals surface area contributed by atoms with Crippen molar-refractivity contribution >= 4 is 22.8 Å². The maximum atomic E-state index is 12.5. The second kappa shape index (κ2) is 8.72. The van der Waals surface area contributed by atoms with Gasteiger partial charge in [0.2, 0.25) is 0 Å². The summed E-state index contributed by atoms with van der Waals surface area (Å²) in [6.45, 7) is 2.21. The van der Waals surface area contributed by atoms with Gasteiger partial charge in [-0.05, 0) is 30.7 Å². The van der Waals surface area contributed by atoms with Gasteiger partial charge in [0.1, 0.15) is 11.6 Å². The summed E-state index contributed by atoms with van der Waals surface area (Å²) in [5.74, 6) is 1.36. The number of amides is 1. The van der Waals surface area contributed by atoms with Gasteiger partial charge in [-0.25, -0.2) is 0 Å². The van der Waals surface area contributed by atoms with Crippen LogP contribution in [0, 0.1) is 17.2 Å². The number of hydrogen-bond donors (Lipinski definition) is 1. The molecule has 0 spiro atoms. The van der Waals surface area contributed by atoms with E-state index in [-0.39, 0.29) is 11.5 Å². The molecule has 0 aromatic heterocycles. The Hall–Kier alpha value is -2.26. The fourth-order valence-corrected chi connectivity index (χ4v) is 3.86. The molecular formula is C19H22N4OS. The highest BCUT2D eigenvalue weighted by atomic mass is 32.2. The SMILES string of the molecule is N#C/C(=C/NC1=NCCS1)C(=O)N1CCC(Cc2ccccc2)CC1. The summed E-state index contributed by atoms with van der Waals surface area (Å²) in [5, 5.41) is 13.1. The van der Waals surface area contributed by atoms with Gasteiger partial charge in [0.05, 0.1) is 6.54 Å². The number of carbonyl (C=O) groups is 1. The van der Waals surface area contributed by atoms with Crippen LogP contribution in [0.5, 0.6) is 0 Å². The summed E-state index contributed by atoms with van der Waals surface area (Å²) in [6.07, 6.45) is 4.52. The molecule has 2 aliphatic rings. The lowest BCUT2D eigenvalue weighted by Gasteiger charge is -2.32. The summed E-state index contributed by atoms with van der Waals surface area (Å²) in [5.41, 5.74) is 1.50. The Bertz CT molecular complexity index is 700. The molecule has 2 aliphatic heterocycles. The number of thioether (sulfide) groups is 1. The van der Waals surface area contributed by atoms with Crippen LogP contribution >= 0.6 is 11.8 Å². The molecule has 1 amide bonds. The summed E-state index contributed by atoms with van der Waals surface area (Å²) in [7, 11) is 0. The first kappa shape index (κ1) is 17.6. The van der Waals surface area contributed by atoms with Crippen molar-refractivity contribution in [3.63, 3.8) is 0 Å². The standard InChI is InChI=1S/C19H22N4OS/c20-13-17(14-22-19-21-8-11-25-19)18(24)23-9-6-16(7-10-23)12-15-4-2-1-3-5-15/h1-5,14,16H,6-12H2,(H,21,22)/b17-14-. The van der Waals surface area contributed by atoms with Crippen molar-refractivity contribution in [1.82, 2.24) is 10.2 Å². The number of likely N-dealkylation sites (tertiary alicyclic amines) is 1. The van der Waals surface area contributed by atoms with Crippen LogP contribution in [-0.4, -0.2) is 41.4 Å². The molecule has 0 atom stereocenters. The molecule has 1 aromatic rings. The van der Waals surface area contributed by atoms with E-state index in [0.29, 0.717) is 19.0 Å². The maximum absolute atomic E-state index is 12.5. The van der Waals surface area contributed by atoms with Crippen LogP contribution in [0.3, 0.4) is 0 Å². The molecule has 5 nitrogen and oxygen atoms in total. The van der Waals surface area contributed by atoms with E-state index < -0.39 is 0 Å². The summed E-state index contributed by atoms with van der Waals surface area (Å²) < 4.78 is 0. The lowest BCUT2D eigenvalue weighted by molar-refractivity contribution is -0.128. The van der Waals surface area contributed by atoms with E-state index in [9.17, 15) is 10.1 Å². The van der Waals surface area contributed by atoms with Crippen molar-refractivity contribution in [3.8, 4) is 6.07 Å². The van der Waals surface area contributed by atoms with Crippen molar-refractivity contribution in [2.24, 2.45) is 10.9 Å². The van der Waals surface area contributed by atoms with Gasteiger partial charge in [-0.15, -0.1) is 0 Å². The highest BCUT2D eigenvalue weighted by molar-refractivity contribution is 8.14. The van der Waals surface area contributed by atoms with Crippen molar-refractivity contribution in [2.75, 3.05) is 25.4 Å². The number of nitrogens with zero attached hydrogens (tertiary/aromatic N) is 3. The monoisotopic (exact) mass is 354 g/mol. The van der Waals surface area contributed by atoms with Gasteiger partial charge in [0.25, 0.3) is 5.91 Å². The van der Waals surface area contributed by atoms with Crippen molar-refractivity contribution in [2.45, 2.75) is 19.3 Å². The molecule has 0 saturated carbocycles. The summed E-state index contributed by atoms with van der Waals surface area (Å²) >= 11 is 1.60. The van der Waals surface area contributed by atoms with Gasteiger partial charge >= 0.3 is 0 Å². The van der Waals surface area contributed by atoms with Crippen molar-refractivity contribution in [3.05, 3.63) is 47.7 Å². The van der Waals surface area contributed by atoms with Gasteiger partial charge in [-0.1, -0.05) is 42.1 Å². The Morgan fingerprint density at radius 1 is 1.36 bits per heavy atom. The van der Waals surface area contributed by atoms with Crippen LogP contribution in [-0.2, 0) is 11.2 Å². The Morgan fingerprint density at radius 3 is 2.76 bits per heavy atom. The minimum atomic E-state index is -0.184. The fourth-order valence-electron chi connectivity index (χ4n) is 3.16. The number of rotatable bonds is 4. The molecule has 0 bridgehead atoms. The number of hydrogen-bond acceptors (Lipinski definition) is 5. The highest BCUT2D eigenvalue weighted by Gasteiger charge is 2.25. The average molecular weight is 354 g/mol. The first-order chi connectivity index (χ1) is 12.3. The second-order valence-corrected chi connectivity index (χ2v) is 7.36. The van der Waals surface area contributed by atoms with Crippen LogP contribution in [0.4, 0.5) is 0 Å². The molecular weight excluding hydrogens is 332 g/mol. The van der Waals surface area contributed by atoms with E-state index >= 15 is 0 Å². The molecule has 1 saturated heterocycles. The largest absolute Gasteiger partial charge is 0.340 e. The normalized spacial score (nSPS) is 18.6. The van der Waals surface area contributed by atoms with Gasteiger partial charge < -0.3 is 10.2 Å². The molecule has 0 aliphatic carbocycles. The van der Waals surface area contributed by atoms with Gasteiger partial charge in [0.15, 0.2) is 5.17 Å². The molecule has 2 heterocycles. The van der Waals surface area contributed by atoms with E-state index in [1.807, 2.05) is 12.1 Å². The van der Waals surface area contributed by atoms with Crippen molar-refractivity contribution in [1.29, 1.82) is 5.26 Å². The number of benzene rings is 1. The average Bonchev–Trinajstić information content (AvgIpc) is 3.17. The predicted octanol–water partition coefficient (Wildman–Crippen LogP) is 2.57. The van der Waals surface area contributed by atoms with Crippen LogP contribution < -0.4 is 5.32 Å². The Morgan fingerprint density at radius 2 is 2.12 bits per heavy atom. The smallest absolute Gasteiger partial charge is 0.266 e. The third-order valence-electron chi connectivity index (χ3n) is 4.55. The van der Waals surface area contributed by atoms with Gasteiger partial charge in [-0.2, -0.15) is 5.26 Å². The molecule has 130 valence electrons. The van der Waals surface area contributed by atoms with Crippen LogP contribution in [0.2, 0.25) is 0 Å². The Labute approximate surface area is 152 Å². The van der Waals surface area contributed by atoms with E-state index in [1.54, 1.807) is 16.7 Å². The molecule has 1 fully saturated rings. The lowest BCUT2D eigenvalue weighted by Crippen LogP contribution is -2.39. The number of amidine groups is 1. The summed E-state index contributed by atoms with van der Waals surface area (Å²) in [6, 6.07) is 12.5. The highest BCUT2D eigenvalue weighted by Crippen LogP contribution is 2.22. The molecule has 1 N–H and O–H groups in total. The zero-order valence-corrected chi connectivity index (χ0v) is 15.0. The maximum Gasteiger partial charge on any atom is 0.266 e. The minimum Gasteiger partial charge on any atom is -0.340 e. The Kier molecular flexibility index (Phi) is 6.13. The lowest BCUT2D eigenvalue weighted by atomic mass is 9.90. The number of carbonyl (C=O) groups excluding carboxylic acids is 1. The molecule has 25 heavy (non-hydrogen) atoms. The summed E-state index contributed by atoms with van der Waals surface area (Å²) in [4.78, 5) is 18.6. The molecule has 0 radical (unpaired) electrons. The third-order valence-corrected chi connectivity index (χ3v) is 5.45. The first-order valence-electron chi connectivity index (χ1n) is 8.63. The minimum absolute atomic E-state index is 0.150. The first-order valence-corrected chi connectivity index (χ1v) is 9.62. The van der Waals surface area contributed by atoms with Crippen LogP contribution in [0.1, 0.15) is 18.4 Å². The topological polar surface area (TPSA) is 68.5 Å². The van der Waals surface area contributed by atoms with E-state index in [2.05, 4.69) is 34.6 Å². The number of nitriles is 1. The number of aliphatic imine (C=N–C) groups is 1. The van der Waals surface area contributed by atoms with E-state index in [1.165, 1.54) is 11.8 Å². The van der Waals surface area contributed by atoms with Gasteiger partial charge in [0, 0.05) is 25.0 Å². The molecule has 6 heteroatoms. The third kappa shape index (κ3) is 4.86. The zero-order valence-electron chi connectivity index (χ0n) is 14.1. The zero-order chi connectivity index (χ0) is 17.5. The van der Waals surface area contributed by atoms with Crippen molar-refractivity contribution < 1.29 is 4.79 Å².